The summed E-state index contributed by atoms with van der Waals surface area (Å²) in [5.41, 5.74) is 5.21. The second-order valence-electron chi connectivity index (χ2n) is 7.15. The van der Waals surface area contributed by atoms with Crippen molar-refractivity contribution in [3.63, 3.8) is 0 Å². The molecule has 0 fully saturated rings. The van der Waals surface area contributed by atoms with Crippen molar-refractivity contribution >= 4 is 34.0 Å². The summed E-state index contributed by atoms with van der Waals surface area (Å²) < 4.78 is 1.73. The minimum absolute atomic E-state index is 0.182. The lowest BCUT2D eigenvalue weighted by atomic mass is 9.82. The third kappa shape index (κ3) is 2.56. The highest BCUT2D eigenvalue weighted by molar-refractivity contribution is 6.33. The zero-order chi connectivity index (χ0) is 20.1. The Kier molecular flexibility index (Phi) is 3.81. The normalized spacial score (nSPS) is 12.8. The van der Waals surface area contributed by atoms with Crippen LogP contribution in [0.4, 0.5) is 11.4 Å². The Balaban J connectivity index is 1.81. The van der Waals surface area contributed by atoms with E-state index in [-0.39, 0.29) is 11.6 Å². The molecule has 1 aromatic heterocycles. The Morgan fingerprint density at radius 1 is 0.931 bits per heavy atom. The number of aromatic nitrogens is 3. The molecule has 1 aliphatic rings. The van der Waals surface area contributed by atoms with Crippen LogP contribution in [0, 0.1) is 6.92 Å². The maximum atomic E-state index is 13.4. The number of benzene rings is 3. The first-order chi connectivity index (χ1) is 14.1. The number of ketones is 2. The lowest BCUT2D eigenvalue weighted by Crippen LogP contribution is -2.22. The van der Waals surface area contributed by atoms with Crippen molar-refractivity contribution in [1.82, 2.24) is 15.0 Å². The highest BCUT2D eigenvalue weighted by atomic mass is 16.1. The third-order valence-electron chi connectivity index (χ3n) is 5.28. The number of carbonyl (C=O) groups excluding carboxylic acids is 2. The fourth-order valence-electron chi connectivity index (χ4n) is 3.92. The van der Waals surface area contributed by atoms with Gasteiger partial charge in [-0.05, 0) is 37.6 Å². The van der Waals surface area contributed by atoms with Gasteiger partial charge in [0.15, 0.2) is 11.6 Å². The van der Waals surface area contributed by atoms with Crippen LogP contribution in [0.1, 0.15) is 44.3 Å². The van der Waals surface area contributed by atoms with E-state index in [0.29, 0.717) is 40.0 Å². The van der Waals surface area contributed by atoms with Crippen LogP contribution in [-0.4, -0.2) is 26.6 Å². The third-order valence-corrected chi connectivity index (χ3v) is 5.28. The van der Waals surface area contributed by atoms with E-state index in [0.717, 1.165) is 16.8 Å². The smallest absolute Gasteiger partial charge is 0.196 e. The summed E-state index contributed by atoms with van der Waals surface area (Å²) in [5.74, 6) is -0.380. The van der Waals surface area contributed by atoms with Gasteiger partial charge in [-0.1, -0.05) is 41.6 Å². The molecular formula is C23H18N4O2. The van der Waals surface area contributed by atoms with Crippen LogP contribution in [0.5, 0.6) is 0 Å². The summed E-state index contributed by atoms with van der Waals surface area (Å²) in [6.45, 7) is 4.58. The number of fused-ring (bicyclic) bond motifs is 4. The molecule has 5 rings (SSSR count). The van der Waals surface area contributed by atoms with Crippen LogP contribution in [0.2, 0.25) is 0 Å². The van der Waals surface area contributed by atoms with Crippen molar-refractivity contribution < 1.29 is 9.59 Å². The molecule has 3 aromatic carbocycles. The van der Waals surface area contributed by atoms with E-state index in [1.165, 1.54) is 0 Å². The maximum absolute atomic E-state index is 13.4. The molecule has 6 nitrogen and oxygen atoms in total. The molecule has 0 bridgehead atoms. The van der Waals surface area contributed by atoms with Crippen LogP contribution in [-0.2, 0) is 6.54 Å². The van der Waals surface area contributed by atoms with Crippen molar-refractivity contribution in [3.8, 4) is 0 Å². The average molecular weight is 382 g/mol. The highest BCUT2D eigenvalue weighted by Gasteiger charge is 2.35. The van der Waals surface area contributed by atoms with Crippen LogP contribution in [0.3, 0.4) is 0 Å². The van der Waals surface area contributed by atoms with E-state index >= 15 is 0 Å². The zero-order valence-electron chi connectivity index (χ0n) is 16.1. The Hall–Kier alpha value is -3.80. The van der Waals surface area contributed by atoms with Gasteiger partial charge in [-0.3, -0.25) is 9.59 Å². The van der Waals surface area contributed by atoms with Gasteiger partial charge in [0.25, 0.3) is 0 Å². The fourth-order valence-corrected chi connectivity index (χ4v) is 3.92. The van der Waals surface area contributed by atoms with Gasteiger partial charge in [0.1, 0.15) is 5.52 Å². The molecule has 0 unspecified atom stereocenters. The summed E-state index contributed by atoms with van der Waals surface area (Å²) >= 11 is 0. The topological polar surface area (TPSA) is 76.9 Å². The van der Waals surface area contributed by atoms with E-state index in [1.807, 2.05) is 44.2 Å². The molecule has 1 aliphatic carbocycles. The zero-order valence-corrected chi connectivity index (χ0v) is 16.1. The molecule has 0 atom stereocenters. The molecule has 0 amide bonds. The molecule has 4 aromatic rings. The molecule has 0 spiro atoms. The predicted molar refractivity (Wildman–Crippen MR) is 111 cm³/mol. The van der Waals surface area contributed by atoms with Crippen molar-refractivity contribution in [2.75, 3.05) is 5.32 Å². The minimum atomic E-state index is -0.198. The van der Waals surface area contributed by atoms with Gasteiger partial charge in [-0.2, -0.15) is 0 Å². The molecule has 29 heavy (non-hydrogen) atoms. The predicted octanol–water partition coefficient (Wildman–Crippen LogP) is 4.28. The second-order valence-corrected chi connectivity index (χ2v) is 7.15. The number of nitrogens with zero attached hydrogens (tertiary/aromatic N) is 3. The summed E-state index contributed by atoms with van der Waals surface area (Å²) in [6, 6.07) is 16.7. The first-order valence-electron chi connectivity index (χ1n) is 9.50. The molecule has 6 heteroatoms. The standard InChI is InChI=1S/C23H18N4O2/c1-3-27-18-12-17(24-14-8-6-7-13(2)11-14)19-20(21(18)25-26-27)23(29)16-10-5-4-9-15(16)22(19)28/h4-12,24H,3H2,1-2H3. The Bertz CT molecular complexity index is 1320. The van der Waals surface area contributed by atoms with Crippen molar-refractivity contribution in [3.05, 3.63) is 82.4 Å². The van der Waals surface area contributed by atoms with Gasteiger partial charge in [0.05, 0.1) is 22.3 Å². The number of rotatable bonds is 3. The quantitative estimate of drug-likeness (QED) is 0.504. The number of hydrogen-bond donors (Lipinski definition) is 1. The summed E-state index contributed by atoms with van der Waals surface area (Å²) in [5, 5.41) is 11.8. The highest BCUT2D eigenvalue weighted by Crippen LogP contribution is 2.37. The summed E-state index contributed by atoms with van der Waals surface area (Å²) in [6.07, 6.45) is 0. The second kappa shape index (κ2) is 6.38. The van der Waals surface area contributed by atoms with Gasteiger partial charge >= 0.3 is 0 Å². The van der Waals surface area contributed by atoms with Crippen LogP contribution in [0.15, 0.2) is 54.6 Å². The van der Waals surface area contributed by atoms with Crippen molar-refractivity contribution in [2.24, 2.45) is 0 Å². The van der Waals surface area contributed by atoms with Gasteiger partial charge in [-0.25, -0.2) is 4.68 Å². The summed E-state index contributed by atoms with van der Waals surface area (Å²) in [4.78, 5) is 26.8. The van der Waals surface area contributed by atoms with Gasteiger partial charge in [0.2, 0.25) is 0 Å². The molecule has 0 saturated carbocycles. The first-order valence-corrected chi connectivity index (χ1v) is 9.50. The van der Waals surface area contributed by atoms with E-state index in [1.54, 1.807) is 28.9 Å². The van der Waals surface area contributed by atoms with Crippen LogP contribution in [0.25, 0.3) is 11.0 Å². The minimum Gasteiger partial charge on any atom is -0.355 e. The van der Waals surface area contributed by atoms with Gasteiger partial charge < -0.3 is 5.32 Å². The summed E-state index contributed by atoms with van der Waals surface area (Å²) in [7, 11) is 0. The maximum Gasteiger partial charge on any atom is 0.196 e. The molecule has 0 saturated heterocycles. The number of aryl methyl sites for hydroxylation is 2. The van der Waals surface area contributed by atoms with Gasteiger partial charge in [-0.15, -0.1) is 5.10 Å². The van der Waals surface area contributed by atoms with E-state index < -0.39 is 0 Å². The van der Waals surface area contributed by atoms with Gasteiger partial charge in [0, 0.05) is 23.4 Å². The monoisotopic (exact) mass is 382 g/mol. The van der Waals surface area contributed by atoms with Crippen molar-refractivity contribution in [1.29, 1.82) is 0 Å². The first kappa shape index (κ1) is 17.3. The number of hydrogen-bond acceptors (Lipinski definition) is 5. The van der Waals surface area contributed by atoms with Crippen LogP contribution < -0.4 is 5.32 Å². The van der Waals surface area contributed by atoms with E-state index in [9.17, 15) is 9.59 Å². The number of anilines is 2. The lowest BCUT2D eigenvalue weighted by molar-refractivity contribution is 0.0981. The van der Waals surface area contributed by atoms with E-state index in [2.05, 4.69) is 15.6 Å². The molecule has 0 aliphatic heterocycles. The molecule has 1 N–H and O–H groups in total. The number of carbonyl (C=O) groups is 2. The lowest BCUT2D eigenvalue weighted by Gasteiger charge is -2.21. The van der Waals surface area contributed by atoms with E-state index in [4.69, 9.17) is 0 Å². The SMILES string of the molecule is CCn1nnc2c3c(c(Nc4cccc(C)c4)cc21)C(=O)c1ccccc1C3=O. The Morgan fingerprint density at radius 3 is 2.34 bits per heavy atom. The molecule has 142 valence electrons. The Morgan fingerprint density at radius 2 is 1.66 bits per heavy atom. The fraction of sp³-hybridized carbons (Fsp3) is 0.130. The number of nitrogens with one attached hydrogen (secondary N) is 1. The van der Waals surface area contributed by atoms with Crippen LogP contribution >= 0.6 is 0 Å². The molecular weight excluding hydrogens is 364 g/mol. The van der Waals surface area contributed by atoms with Crippen molar-refractivity contribution in [2.45, 2.75) is 20.4 Å². The largest absolute Gasteiger partial charge is 0.355 e. The molecule has 0 radical (unpaired) electrons. The average Bonchev–Trinajstić information content (AvgIpc) is 3.14. The Labute approximate surface area is 167 Å². The molecule has 1 heterocycles.